The molecule has 4 rings (SSSR count). The minimum atomic E-state index is -1.66. The number of hydrogen-bond donors (Lipinski definition) is 1. The molecule has 132 valence electrons. The Hall–Kier alpha value is -1.85. The third kappa shape index (κ3) is 2.85. The Morgan fingerprint density at radius 1 is 0.920 bits per heavy atom. The molecule has 0 aliphatic carbocycles. The third-order valence-electron chi connectivity index (χ3n) is 5.64. The van der Waals surface area contributed by atoms with E-state index >= 15 is 0 Å². The van der Waals surface area contributed by atoms with Gasteiger partial charge in [-0.3, -0.25) is 4.90 Å². The average molecular weight is 347 g/mol. The van der Waals surface area contributed by atoms with Crippen LogP contribution in [0.4, 0.5) is 13.2 Å². The van der Waals surface area contributed by atoms with Crippen LogP contribution in [0.25, 0.3) is 0 Å². The molecule has 2 aromatic carbocycles. The van der Waals surface area contributed by atoms with E-state index in [9.17, 15) is 18.3 Å². The number of rotatable bonds is 3. The topological polar surface area (TPSA) is 23.5 Å². The van der Waals surface area contributed by atoms with Gasteiger partial charge >= 0.3 is 0 Å². The lowest BCUT2D eigenvalue weighted by molar-refractivity contribution is -0.0641. The summed E-state index contributed by atoms with van der Waals surface area (Å²) in [7, 11) is 0. The summed E-state index contributed by atoms with van der Waals surface area (Å²) < 4.78 is 42.0. The number of fused-ring (bicyclic) bond motifs is 2. The second kappa shape index (κ2) is 6.15. The number of halogens is 3. The van der Waals surface area contributed by atoms with E-state index in [-0.39, 0.29) is 24.9 Å². The zero-order valence-electron chi connectivity index (χ0n) is 13.8. The number of hydrogen-bond acceptors (Lipinski definition) is 2. The third-order valence-corrected chi connectivity index (χ3v) is 5.64. The van der Waals surface area contributed by atoms with Crippen molar-refractivity contribution in [3.05, 3.63) is 71.0 Å². The fourth-order valence-corrected chi connectivity index (χ4v) is 4.53. The summed E-state index contributed by atoms with van der Waals surface area (Å²) in [6, 6.07) is 11.7. The first-order chi connectivity index (χ1) is 12.0. The molecule has 2 unspecified atom stereocenters. The molecule has 2 saturated heterocycles. The molecular weight excluding hydrogens is 327 g/mol. The second-order valence-corrected chi connectivity index (χ2v) is 7.20. The van der Waals surface area contributed by atoms with Gasteiger partial charge in [-0.25, -0.2) is 13.2 Å². The molecule has 0 spiro atoms. The summed E-state index contributed by atoms with van der Waals surface area (Å²) in [5, 5.41) is 11.0. The van der Waals surface area contributed by atoms with E-state index in [1.54, 1.807) is 0 Å². The summed E-state index contributed by atoms with van der Waals surface area (Å²) in [4.78, 5) is 2.30. The molecule has 2 aliphatic heterocycles. The van der Waals surface area contributed by atoms with Gasteiger partial charge in [-0.15, -0.1) is 0 Å². The molecule has 0 aromatic heterocycles. The highest BCUT2D eigenvalue weighted by atomic mass is 19.2. The quantitative estimate of drug-likeness (QED) is 0.845. The number of aliphatic hydroxyl groups is 1. The minimum Gasteiger partial charge on any atom is -0.385 e. The van der Waals surface area contributed by atoms with Gasteiger partial charge in [0, 0.05) is 18.6 Å². The molecule has 0 radical (unpaired) electrons. The number of piperidine rings is 1. The monoisotopic (exact) mass is 347 g/mol. The Kier molecular flexibility index (Phi) is 4.08. The minimum absolute atomic E-state index is 0.0334. The van der Waals surface area contributed by atoms with Crippen LogP contribution in [-0.2, 0) is 12.1 Å². The highest BCUT2D eigenvalue weighted by Gasteiger charge is 2.50. The van der Waals surface area contributed by atoms with Crippen LogP contribution < -0.4 is 0 Å². The molecule has 2 fully saturated rings. The van der Waals surface area contributed by atoms with Crippen LogP contribution in [-0.4, -0.2) is 22.1 Å². The number of benzene rings is 2. The van der Waals surface area contributed by atoms with E-state index in [2.05, 4.69) is 4.90 Å². The van der Waals surface area contributed by atoms with Crippen molar-refractivity contribution >= 4 is 0 Å². The Bertz CT molecular complexity index is 766. The molecule has 2 bridgehead atoms. The van der Waals surface area contributed by atoms with E-state index < -0.39 is 28.6 Å². The molecule has 0 saturated carbocycles. The van der Waals surface area contributed by atoms with Crippen molar-refractivity contribution in [2.45, 2.75) is 49.9 Å². The Balaban J connectivity index is 1.62. The molecule has 2 aliphatic rings. The summed E-state index contributed by atoms with van der Waals surface area (Å²) in [6.45, 7) is 0.750. The van der Waals surface area contributed by atoms with Crippen molar-refractivity contribution in [3.63, 3.8) is 0 Å². The Labute approximate surface area is 144 Å². The van der Waals surface area contributed by atoms with Crippen LogP contribution in [0.15, 0.2) is 42.5 Å². The second-order valence-electron chi connectivity index (χ2n) is 7.20. The Morgan fingerprint density at radius 3 is 2.16 bits per heavy atom. The van der Waals surface area contributed by atoms with Crippen molar-refractivity contribution in [1.29, 1.82) is 0 Å². The lowest BCUT2D eigenvalue weighted by atomic mass is 9.79. The predicted molar refractivity (Wildman–Crippen MR) is 88.2 cm³/mol. The van der Waals surface area contributed by atoms with Crippen LogP contribution in [0.2, 0.25) is 0 Å². The fourth-order valence-electron chi connectivity index (χ4n) is 4.53. The molecular formula is C20H20F3NO. The molecule has 1 N–H and O–H groups in total. The SMILES string of the molecule is OC1(c2c(F)ccc(F)c2F)CC2CCC(C1)N2Cc1ccccc1. The van der Waals surface area contributed by atoms with Crippen molar-refractivity contribution < 1.29 is 18.3 Å². The summed E-state index contributed by atoms with van der Waals surface area (Å²) in [5.74, 6) is -3.26. The first-order valence-corrected chi connectivity index (χ1v) is 8.64. The van der Waals surface area contributed by atoms with E-state index in [0.717, 1.165) is 31.5 Å². The molecule has 2 heterocycles. The average Bonchev–Trinajstić information content (AvgIpc) is 2.83. The van der Waals surface area contributed by atoms with E-state index in [1.165, 1.54) is 5.56 Å². The van der Waals surface area contributed by atoms with Gasteiger partial charge in [0.05, 0.1) is 11.2 Å². The van der Waals surface area contributed by atoms with Gasteiger partial charge in [0.1, 0.15) is 5.82 Å². The van der Waals surface area contributed by atoms with E-state index in [4.69, 9.17) is 0 Å². The lowest BCUT2D eigenvalue weighted by Gasteiger charge is -2.44. The van der Waals surface area contributed by atoms with Gasteiger partial charge in [0.2, 0.25) is 0 Å². The van der Waals surface area contributed by atoms with Gasteiger partial charge in [-0.2, -0.15) is 0 Å². The molecule has 25 heavy (non-hydrogen) atoms. The first kappa shape index (κ1) is 16.6. The molecule has 0 amide bonds. The standard InChI is InChI=1S/C20H20F3NO/c21-16-8-9-17(22)19(23)18(16)20(25)10-14-6-7-15(11-20)24(14)12-13-4-2-1-3-5-13/h1-5,8-9,14-15,25H,6-7,10-12H2. The molecule has 2 atom stereocenters. The highest BCUT2D eigenvalue weighted by Crippen LogP contribution is 2.47. The van der Waals surface area contributed by atoms with Crippen molar-refractivity contribution in [2.24, 2.45) is 0 Å². The van der Waals surface area contributed by atoms with Gasteiger partial charge in [-0.1, -0.05) is 30.3 Å². The maximum absolute atomic E-state index is 14.2. The van der Waals surface area contributed by atoms with Crippen LogP contribution >= 0.6 is 0 Å². The van der Waals surface area contributed by atoms with Crippen LogP contribution in [0.1, 0.15) is 36.8 Å². The normalized spacial score (nSPS) is 29.1. The summed E-state index contributed by atoms with van der Waals surface area (Å²) >= 11 is 0. The lowest BCUT2D eigenvalue weighted by Crippen LogP contribution is -2.49. The van der Waals surface area contributed by atoms with Crippen molar-refractivity contribution in [2.75, 3.05) is 0 Å². The largest absolute Gasteiger partial charge is 0.385 e. The first-order valence-electron chi connectivity index (χ1n) is 8.64. The zero-order valence-corrected chi connectivity index (χ0v) is 13.8. The van der Waals surface area contributed by atoms with Crippen LogP contribution in [0.3, 0.4) is 0 Å². The number of nitrogens with zero attached hydrogens (tertiary/aromatic N) is 1. The molecule has 2 nitrogen and oxygen atoms in total. The van der Waals surface area contributed by atoms with Crippen LogP contribution in [0.5, 0.6) is 0 Å². The van der Waals surface area contributed by atoms with Gasteiger partial charge in [-0.05, 0) is 43.4 Å². The molecule has 5 heteroatoms. The zero-order chi connectivity index (χ0) is 17.6. The van der Waals surface area contributed by atoms with Gasteiger partial charge in [0.25, 0.3) is 0 Å². The van der Waals surface area contributed by atoms with Crippen LogP contribution in [0, 0.1) is 17.5 Å². The Morgan fingerprint density at radius 2 is 1.52 bits per heavy atom. The van der Waals surface area contributed by atoms with Crippen molar-refractivity contribution in [3.8, 4) is 0 Å². The summed E-state index contributed by atoms with van der Waals surface area (Å²) in [5.41, 5.74) is -0.994. The maximum Gasteiger partial charge on any atom is 0.167 e. The fraction of sp³-hybridized carbons (Fsp3) is 0.400. The van der Waals surface area contributed by atoms with E-state index in [1.807, 2.05) is 30.3 Å². The van der Waals surface area contributed by atoms with Crippen molar-refractivity contribution in [1.82, 2.24) is 4.90 Å². The summed E-state index contributed by atoms with van der Waals surface area (Å²) in [6.07, 6.45) is 2.18. The van der Waals surface area contributed by atoms with E-state index in [0.29, 0.717) is 0 Å². The predicted octanol–water partition coefficient (Wildman–Crippen LogP) is 4.12. The smallest absolute Gasteiger partial charge is 0.167 e. The maximum atomic E-state index is 14.2. The highest BCUT2D eigenvalue weighted by molar-refractivity contribution is 5.29. The van der Waals surface area contributed by atoms with Gasteiger partial charge < -0.3 is 5.11 Å². The van der Waals surface area contributed by atoms with Gasteiger partial charge in [0.15, 0.2) is 11.6 Å². The molecule has 2 aromatic rings.